The lowest BCUT2D eigenvalue weighted by Gasteiger charge is -2.37. The Hall–Kier alpha value is -1.55. The lowest BCUT2D eigenvalue weighted by Crippen LogP contribution is -2.48. The number of hydrogen-bond acceptors (Lipinski definition) is 3. The Morgan fingerprint density at radius 1 is 1.22 bits per heavy atom. The van der Waals surface area contributed by atoms with E-state index >= 15 is 0 Å². The number of rotatable bonds is 2. The van der Waals surface area contributed by atoms with Crippen molar-refractivity contribution in [3.05, 3.63) is 29.8 Å². The number of carbonyl (C=O) groups excluding carboxylic acids is 1. The lowest BCUT2D eigenvalue weighted by molar-refractivity contribution is -0.129. The van der Waals surface area contributed by atoms with E-state index in [0.29, 0.717) is 0 Å². The number of nitrogens with two attached hydrogens (primary N) is 1. The minimum absolute atomic E-state index is 0.0343. The number of para-hydroxylation sites is 1. The summed E-state index contributed by atoms with van der Waals surface area (Å²) in [6.07, 6.45) is 0. The molecule has 4 heteroatoms. The third-order valence-corrected chi connectivity index (χ3v) is 3.49. The molecule has 0 aromatic heterocycles. The summed E-state index contributed by atoms with van der Waals surface area (Å²) in [5.74, 6) is 0.162. The van der Waals surface area contributed by atoms with Crippen LogP contribution in [0.15, 0.2) is 24.3 Å². The molecule has 0 aliphatic carbocycles. The summed E-state index contributed by atoms with van der Waals surface area (Å²) in [5.41, 5.74) is 8.38. The molecule has 1 fully saturated rings. The summed E-state index contributed by atoms with van der Waals surface area (Å²) >= 11 is 0. The van der Waals surface area contributed by atoms with E-state index in [1.807, 2.05) is 24.0 Å². The summed E-state index contributed by atoms with van der Waals surface area (Å²) in [6, 6.07) is 8.29. The van der Waals surface area contributed by atoms with Crippen LogP contribution in [-0.2, 0) is 4.79 Å². The second-order valence-electron chi connectivity index (χ2n) is 4.84. The summed E-state index contributed by atoms with van der Waals surface area (Å²) in [5, 5.41) is 0. The van der Waals surface area contributed by atoms with Gasteiger partial charge in [-0.15, -0.1) is 0 Å². The van der Waals surface area contributed by atoms with Crippen molar-refractivity contribution in [1.82, 2.24) is 4.90 Å². The third-order valence-electron chi connectivity index (χ3n) is 3.49. The zero-order valence-electron chi connectivity index (χ0n) is 11.1. The molecule has 1 aliphatic rings. The summed E-state index contributed by atoms with van der Waals surface area (Å²) in [7, 11) is 0. The number of benzene rings is 1. The topological polar surface area (TPSA) is 49.6 Å². The van der Waals surface area contributed by atoms with E-state index < -0.39 is 0 Å². The van der Waals surface area contributed by atoms with E-state index in [0.717, 1.165) is 26.2 Å². The van der Waals surface area contributed by atoms with E-state index in [1.54, 1.807) is 6.92 Å². The molecule has 0 saturated carbocycles. The number of nitrogens with zero attached hydrogens (tertiary/aromatic N) is 2. The minimum atomic E-state index is 0.0343. The molecule has 1 saturated heterocycles. The van der Waals surface area contributed by atoms with Crippen LogP contribution in [0.1, 0.15) is 25.5 Å². The quantitative estimate of drug-likeness (QED) is 0.859. The van der Waals surface area contributed by atoms with Crippen LogP contribution in [0.5, 0.6) is 0 Å². The van der Waals surface area contributed by atoms with E-state index in [-0.39, 0.29) is 11.9 Å². The lowest BCUT2D eigenvalue weighted by atomic mass is 10.1. The van der Waals surface area contributed by atoms with Crippen molar-refractivity contribution >= 4 is 11.6 Å². The van der Waals surface area contributed by atoms with E-state index in [2.05, 4.69) is 17.0 Å². The van der Waals surface area contributed by atoms with Crippen molar-refractivity contribution in [1.29, 1.82) is 0 Å². The highest BCUT2D eigenvalue weighted by Crippen LogP contribution is 2.25. The number of amides is 1. The Morgan fingerprint density at radius 2 is 1.83 bits per heavy atom. The fourth-order valence-corrected chi connectivity index (χ4v) is 2.42. The van der Waals surface area contributed by atoms with Gasteiger partial charge >= 0.3 is 0 Å². The van der Waals surface area contributed by atoms with Crippen LogP contribution in [0.4, 0.5) is 5.69 Å². The van der Waals surface area contributed by atoms with Crippen molar-refractivity contribution in [2.75, 3.05) is 31.1 Å². The van der Waals surface area contributed by atoms with Crippen LogP contribution >= 0.6 is 0 Å². The minimum Gasteiger partial charge on any atom is -0.368 e. The zero-order chi connectivity index (χ0) is 13.1. The number of carbonyl (C=O) groups is 1. The summed E-state index contributed by atoms with van der Waals surface area (Å²) in [6.45, 7) is 6.98. The fraction of sp³-hybridized carbons (Fsp3) is 0.500. The molecule has 2 N–H and O–H groups in total. The average molecular weight is 247 g/mol. The molecule has 0 spiro atoms. The maximum Gasteiger partial charge on any atom is 0.219 e. The zero-order valence-corrected chi connectivity index (χ0v) is 11.1. The van der Waals surface area contributed by atoms with Gasteiger partial charge in [0.05, 0.1) is 0 Å². The summed E-state index contributed by atoms with van der Waals surface area (Å²) < 4.78 is 0. The fourth-order valence-electron chi connectivity index (χ4n) is 2.42. The molecule has 1 aromatic rings. The predicted molar refractivity (Wildman–Crippen MR) is 73.5 cm³/mol. The highest BCUT2D eigenvalue weighted by atomic mass is 16.2. The third kappa shape index (κ3) is 2.64. The Morgan fingerprint density at radius 3 is 2.39 bits per heavy atom. The highest BCUT2D eigenvalue weighted by Gasteiger charge is 2.20. The van der Waals surface area contributed by atoms with Gasteiger partial charge in [0.2, 0.25) is 5.91 Å². The Labute approximate surface area is 108 Å². The standard InChI is InChI=1S/C14H21N3O/c1-11(15)13-5-3-4-6-14(13)17-9-7-16(8-10-17)12(2)18/h3-6,11H,7-10,15H2,1-2H3/t11-/m1/s1. The van der Waals surface area contributed by atoms with Gasteiger partial charge in [0.1, 0.15) is 0 Å². The van der Waals surface area contributed by atoms with Crippen LogP contribution in [0.3, 0.4) is 0 Å². The molecule has 1 atom stereocenters. The van der Waals surface area contributed by atoms with Gasteiger partial charge < -0.3 is 15.5 Å². The van der Waals surface area contributed by atoms with Crippen LogP contribution in [-0.4, -0.2) is 37.0 Å². The highest BCUT2D eigenvalue weighted by molar-refractivity contribution is 5.73. The van der Waals surface area contributed by atoms with Gasteiger partial charge in [-0.25, -0.2) is 0 Å². The first-order chi connectivity index (χ1) is 8.59. The van der Waals surface area contributed by atoms with Gasteiger partial charge in [-0.1, -0.05) is 18.2 Å². The Balaban J connectivity index is 2.12. The monoisotopic (exact) mass is 247 g/mol. The van der Waals surface area contributed by atoms with Crippen LogP contribution in [0.25, 0.3) is 0 Å². The van der Waals surface area contributed by atoms with Crippen molar-refractivity contribution in [3.63, 3.8) is 0 Å². The molecular formula is C14H21N3O. The maximum absolute atomic E-state index is 11.3. The predicted octanol–water partition coefficient (Wildman–Crippen LogP) is 1.37. The molecule has 1 aromatic carbocycles. The molecular weight excluding hydrogens is 226 g/mol. The number of hydrogen-bond donors (Lipinski definition) is 1. The van der Waals surface area contributed by atoms with Crippen molar-refractivity contribution in [2.45, 2.75) is 19.9 Å². The molecule has 0 radical (unpaired) electrons. The molecule has 4 nitrogen and oxygen atoms in total. The Bertz CT molecular complexity index is 423. The SMILES string of the molecule is CC(=O)N1CCN(c2ccccc2[C@@H](C)N)CC1. The smallest absolute Gasteiger partial charge is 0.219 e. The second kappa shape index (κ2) is 5.40. The van der Waals surface area contributed by atoms with Gasteiger partial charge in [-0.05, 0) is 18.6 Å². The molecule has 18 heavy (non-hydrogen) atoms. The van der Waals surface area contributed by atoms with Crippen molar-refractivity contribution < 1.29 is 4.79 Å². The number of anilines is 1. The first kappa shape index (κ1) is 12.9. The van der Waals surface area contributed by atoms with Crippen LogP contribution in [0.2, 0.25) is 0 Å². The first-order valence-electron chi connectivity index (χ1n) is 6.44. The van der Waals surface area contributed by atoms with E-state index in [1.165, 1.54) is 11.3 Å². The van der Waals surface area contributed by atoms with Gasteiger partial charge in [0.15, 0.2) is 0 Å². The summed E-state index contributed by atoms with van der Waals surface area (Å²) in [4.78, 5) is 15.5. The molecule has 1 amide bonds. The number of piperazine rings is 1. The molecule has 0 unspecified atom stereocenters. The average Bonchev–Trinajstić information content (AvgIpc) is 2.39. The van der Waals surface area contributed by atoms with Gasteiger partial charge in [0, 0.05) is 44.8 Å². The van der Waals surface area contributed by atoms with Gasteiger partial charge in [-0.2, -0.15) is 0 Å². The molecule has 2 rings (SSSR count). The maximum atomic E-state index is 11.3. The van der Waals surface area contributed by atoms with Crippen molar-refractivity contribution in [2.24, 2.45) is 5.73 Å². The normalized spacial score (nSPS) is 17.7. The molecule has 0 bridgehead atoms. The molecule has 1 aliphatic heterocycles. The van der Waals surface area contributed by atoms with Gasteiger partial charge in [0.25, 0.3) is 0 Å². The second-order valence-corrected chi connectivity index (χ2v) is 4.84. The van der Waals surface area contributed by atoms with E-state index in [9.17, 15) is 4.79 Å². The largest absolute Gasteiger partial charge is 0.368 e. The molecule has 1 heterocycles. The molecule has 98 valence electrons. The van der Waals surface area contributed by atoms with Crippen molar-refractivity contribution in [3.8, 4) is 0 Å². The van der Waals surface area contributed by atoms with Crippen LogP contribution < -0.4 is 10.6 Å². The first-order valence-corrected chi connectivity index (χ1v) is 6.44. The van der Waals surface area contributed by atoms with Crippen LogP contribution in [0, 0.1) is 0 Å². The Kier molecular flexibility index (Phi) is 3.87. The van der Waals surface area contributed by atoms with E-state index in [4.69, 9.17) is 5.73 Å². The van der Waals surface area contributed by atoms with Gasteiger partial charge in [-0.3, -0.25) is 4.79 Å².